The van der Waals surface area contributed by atoms with Crippen molar-refractivity contribution in [2.45, 2.75) is 64.8 Å². The lowest BCUT2D eigenvalue weighted by Gasteiger charge is -2.44. The monoisotopic (exact) mass is 305 g/mol. The summed E-state index contributed by atoms with van der Waals surface area (Å²) in [6, 6.07) is 10.1. The van der Waals surface area contributed by atoms with Crippen molar-refractivity contribution >= 4 is 6.09 Å². The number of benzene rings is 1. The van der Waals surface area contributed by atoms with Crippen LogP contribution in [0.4, 0.5) is 4.79 Å². The third-order valence-electron chi connectivity index (χ3n) is 3.71. The number of rotatable bonds is 5. The van der Waals surface area contributed by atoms with Gasteiger partial charge in [0.25, 0.3) is 0 Å². The van der Waals surface area contributed by atoms with Crippen LogP contribution >= 0.6 is 0 Å². The van der Waals surface area contributed by atoms with E-state index in [0.29, 0.717) is 13.2 Å². The van der Waals surface area contributed by atoms with Gasteiger partial charge in [-0.15, -0.1) is 0 Å². The van der Waals surface area contributed by atoms with E-state index in [4.69, 9.17) is 9.47 Å². The minimum absolute atomic E-state index is 0.106. The second-order valence-electron chi connectivity index (χ2n) is 6.82. The largest absolute Gasteiger partial charge is 0.444 e. The van der Waals surface area contributed by atoms with E-state index in [1.807, 2.05) is 56.0 Å². The van der Waals surface area contributed by atoms with Crippen LogP contribution in [0.2, 0.25) is 0 Å². The first-order valence-electron chi connectivity index (χ1n) is 8.06. The number of hydrogen-bond donors (Lipinski definition) is 0. The molecular weight excluding hydrogens is 278 g/mol. The van der Waals surface area contributed by atoms with Crippen molar-refractivity contribution < 1.29 is 14.3 Å². The zero-order valence-electron chi connectivity index (χ0n) is 14.0. The molecule has 1 aliphatic rings. The Bertz CT molecular complexity index is 481. The summed E-state index contributed by atoms with van der Waals surface area (Å²) < 4.78 is 11.2. The van der Waals surface area contributed by atoms with E-state index in [9.17, 15) is 4.79 Å². The average Bonchev–Trinajstić information content (AvgIpc) is 2.42. The Hall–Kier alpha value is -1.55. The summed E-state index contributed by atoms with van der Waals surface area (Å²) in [6.07, 6.45) is 1.89. The molecule has 0 unspecified atom stereocenters. The van der Waals surface area contributed by atoms with Crippen LogP contribution in [0.5, 0.6) is 0 Å². The summed E-state index contributed by atoms with van der Waals surface area (Å²) in [5, 5.41) is 0. The van der Waals surface area contributed by atoms with Crippen LogP contribution in [0.25, 0.3) is 0 Å². The molecule has 1 heterocycles. The highest BCUT2D eigenvalue weighted by molar-refractivity contribution is 5.69. The maximum absolute atomic E-state index is 12.6. The van der Waals surface area contributed by atoms with E-state index >= 15 is 0 Å². The third kappa shape index (κ3) is 4.47. The fourth-order valence-electron chi connectivity index (χ4n) is 2.59. The molecule has 0 saturated carbocycles. The van der Waals surface area contributed by atoms with Crippen molar-refractivity contribution in [1.82, 2.24) is 4.90 Å². The summed E-state index contributed by atoms with van der Waals surface area (Å²) in [5.41, 5.74) is 0.618. The van der Waals surface area contributed by atoms with Crippen molar-refractivity contribution in [2.24, 2.45) is 0 Å². The van der Waals surface area contributed by atoms with Gasteiger partial charge < -0.3 is 9.47 Å². The molecule has 1 amide bonds. The van der Waals surface area contributed by atoms with Crippen molar-refractivity contribution in [3.8, 4) is 0 Å². The predicted molar refractivity (Wildman–Crippen MR) is 86.7 cm³/mol. The maximum atomic E-state index is 12.6. The smallest absolute Gasteiger partial charge is 0.411 e. The van der Waals surface area contributed by atoms with E-state index in [0.717, 1.165) is 18.4 Å². The fraction of sp³-hybridized carbons (Fsp3) is 0.611. The normalized spacial score (nSPS) is 21.1. The first kappa shape index (κ1) is 16.8. The molecule has 1 saturated heterocycles. The molecule has 0 spiro atoms. The topological polar surface area (TPSA) is 38.8 Å². The van der Waals surface area contributed by atoms with Gasteiger partial charge in [-0.25, -0.2) is 4.79 Å². The summed E-state index contributed by atoms with van der Waals surface area (Å²) in [6.45, 7) is 8.97. The quantitative estimate of drug-likeness (QED) is 0.825. The van der Waals surface area contributed by atoms with Gasteiger partial charge in [0, 0.05) is 6.54 Å². The number of ether oxygens (including phenoxy) is 2. The summed E-state index contributed by atoms with van der Waals surface area (Å²) in [5.74, 6) is 0. The lowest BCUT2D eigenvalue weighted by molar-refractivity contribution is -0.136. The van der Waals surface area contributed by atoms with Gasteiger partial charge in [0.1, 0.15) is 5.60 Å². The number of carbonyl (C=O) groups is 1. The van der Waals surface area contributed by atoms with E-state index < -0.39 is 5.60 Å². The van der Waals surface area contributed by atoms with Crippen LogP contribution in [-0.4, -0.2) is 35.3 Å². The Morgan fingerprint density at radius 2 is 2.00 bits per heavy atom. The van der Waals surface area contributed by atoms with Gasteiger partial charge in [0.05, 0.1) is 18.8 Å². The second-order valence-corrected chi connectivity index (χ2v) is 6.82. The highest BCUT2D eigenvalue weighted by Gasteiger charge is 2.40. The van der Waals surface area contributed by atoms with Gasteiger partial charge >= 0.3 is 6.09 Å². The van der Waals surface area contributed by atoms with Crippen LogP contribution in [0.1, 0.15) is 46.1 Å². The van der Waals surface area contributed by atoms with Crippen LogP contribution < -0.4 is 0 Å². The summed E-state index contributed by atoms with van der Waals surface area (Å²) in [7, 11) is 0. The van der Waals surface area contributed by atoms with E-state index in [-0.39, 0.29) is 18.2 Å². The molecule has 0 radical (unpaired) electrons. The molecule has 22 heavy (non-hydrogen) atoms. The van der Waals surface area contributed by atoms with Gasteiger partial charge in [0.15, 0.2) is 0 Å². The molecule has 2 atom stereocenters. The molecule has 0 N–H and O–H groups in total. The van der Waals surface area contributed by atoms with Gasteiger partial charge in [-0.05, 0) is 32.8 Å². The van der Waals surface area contributed by atoms with E-state index in [1.54, 1.807) is 0 Å². The molecule has 0 bridgehead atoms. The molecule has 1 aromatic carbocycles. The zero-order valence-corrected chi connectivity index (χ0v) is 14.0. The molecule has 0 aliphatic carbocycles. The molecule has 122 valence electrons. The van der Waals surface area contributed by atoms with Gasteiger partial charge in [-0.1, -0.05) is 43.7 Å². The van der Waals surface area contributed by atoms with Gasteiger partial charge in [0.2, 0.25) is 0 Å². The van der Waals surface area contributed by atoms with Crippen LogP contribution in [0.15, 0.2) is 30.3 Å². The number of nitrogens with zero attached hydrogens (tertiary/aromatic N) is 1. The first-order chi connectivity index (χ1) is 10.4. The van der Waals surface area contributed by atoms with Gasteiger partial charge in [-0.2, -0.15) is 0 Å². The Morgan fingerprint density at radius 3 is 2.50 bits per heavy atom. The molecule has 4 nitrogen and oxygen atoms in total. The Kier molecular flexibility index (Phi) is 5.46. The number of carbonyl (C=O) groups excluding carboxylic acids is 1. The van der Waals surface area contributed by atoms with Crippen molar-refractivity contribution in [3.63, 3.8) is 0 Å². The Balaban J connectivity index is 2.12. The molecule has 4 heteroatoms. The molecular formula is C18H27NO3. The Morgan fingerprint density at radius 1 is 1.32 bits per heavy atom. The van der Waals surface area contributed by atoms with Crippen molar-refractivity contribution in [1.29, 1.82) is 0 Å². The SMILES string of the molecule is CCC[C@H]1OC[C@H]1N(Cc1ccccc1)C(=O)OC(C)(C)C. The standard InChI is InChI=1S/C18H27NO3/c1-5-9-16-15(13-21-16)19(17(20)22-18(2,3)4)12-14-10-7-6-8-11-14/h6-8,10-11,15-16H,5,9,12-13H2,1-4H3/t15-,16-/m1/s1. The zero-order chi connectivity index (χ0) is 16.2. The molecule has 0 aromatic heterocycles. The second kappa shape index (κ2) is 7.14. The van der Waals surface area contributed by atoms with Crippen molar-refractivity contribution in [3.05, 3.63) is 35.9 Å². The summed E-state index contributed by atoms with van der Waals surface area (Å²) in [4.78, 5) is 14.4. The first-order valence-corrected chi connectivity index (χ1v) is 8.06. The Labute approximate surface area is 133 Å². The van der Waals surface area contributed by atoms with E-state index in [1.165, 1.54) is 0 Å². The lowest BCUT2D eigenvalue weighted by atomic mass is 10.00. The van der Waals surface area contributed by atoms with E-state index in [2.05, 4.69) is 6.92 Å². The molecule has 2 rings (SSSR count). The average molecular weight is 305 g/mol. The van der Waals surface area contributed by atoms with Gasteiger partial charge in [-0.3, -0.25) is 4.90 Å². The minimum Gasteiger partial charge on any atom is -0.444 e. The van der Waals surface area contributed by atoms with Crippen molar-refractivity contribution in [2.75, 3.05) is 6.61 Å². The maximum Gasteiger partial charge on any atom is 0.411 e. The number of amides is 1. The lowest BCUT2D eigenvalue weighted by Crippen LogP contribution is -2.58. The van der Waals surface area contributed by atoms with Crippen LogP contribution in [0, 0.1) is 0 Å². The molecule has 1 fully saturated rings. The fourth-order valence-corrected chi connectivity index (χ4v) is 2.59. The van der Waals surface area contributed by atoms with Crippen LogP contribution in [-0.2, 0) is 16.0 Å². The molecule has 1 aliphatic heterocycles. The predicted octanol–water partition coefficient (Wildman–Crippen LogP) is 3.99. The molecule has 1 aromatic rings. The highest BCUT2D eigenvalue weighted by Crippen LogP contribution is 2.26. The third-order valence-corrected chi connectivity index (χ3v) is 3.71. The minimum atomic E-state index is -0.489. The summed E-state index contributed by atoms with van der Waals surface area (Å²) >= 11 is 0. The van der Waals surface area contributed by atoms with Crippen LogP contribution in [0.3, 0.4) is 0 Å². The highest BCUT2D eigenvalue weighted by atomic mass is 16.6. The number of hydrogen-bond acceptors (Lipinski definition) is 3.